The van der Waals surface area contributed by atoms with Crippen molar-refractivity contribution in [2.45, 2.75) is 6.10 Å². The molecule has 23 heavy (non-hydrogen) atoms. The lowest BCUT2D eigenvalue weighted by atomic mass is 10.2. The van der Waals surface area contributed by atoms with Crippen LogP contribution in [0.15, 0.2) is 45.8 Å². The smallest absolute Gasteiger partial charge is 0.287 e. The monoisotopic (exact) mass is 317 g/mol. The number of carbonyl (C=O) groups excluding carboxylic acids is 1. The molecular formula is C16H15NO6. The van der Waals surface area contributed by atoms with Gasteiger partial charge in [-0.3, -0.25) is 9.59 Å². The zero-order chi connectivity index (χ0) is 16.2. The van der Waals surface area contributed by atoms with Crippen LogP contribution in [-0.4, -0.2) is 32.3 Å². The van der Waals surface area contributed by atoms with Crippen LogP contribution in [0.1, 0.15) is 10.6 Å². The van der Waals surface area contributed by atoms with E-state index < -0.39 is 11.3 Å². The molecule has 0 fully saturated rings. The van der Waals surface area contributed by atoms with Gasteiger partial charge in [-0.1, -0.05) is 12.1 Å². The van der Waals surface area contributed by atoms with Crippen LogP contribution in [0.4, 0.5) is 0 Å². The summed E-state index contributed by atoms with van der Waals surface area (Å²) in [6.07, 6.45) is 0.784. The van der Waals surface area contributed by atoms with E-state index in [1.54, 1.807) is 6.07 Å². The van der Waals surface area contributed by atoms with E-state index in [1.165, 1.54) is 7.11 Å². The Morgan fingerprint density at radius 1 is 1.35 bits per heavy atom. The highest BCUT2D eigenvalue weighted by Crippen LogP contribution is 2.30. The van der Waals surface area contributed by atoms with Crippen molar-refractivity contribution in [1.82, 2.24) is 5.32 Å². The highest BCUT2D eigenvalue weighted by molar-refractivity contribution is 5.91. The zero-order valence-electron chi connectivity index (χ0n) is 12.4. The quantitative estimate of drug-likeness (QED) is 0.912. The fourth-order valence-corrected chi connectivity index (χ4v) is 2.12. The molecule has 0 unspecified atom stereocenters. The molecule has 1 aliphatic rings. The van der Waals surface area contributed by atoms with Gasteiger partial charge in [0.15, 0.2) is 17.3 Å². The molecule has 1 amide bonds. The standard InChI is InChI=1S/C16H15NO6/c1-20-15-9-22-14(6-11(15)18)16(19)17-7-10-8-21-12-4-2-3-5-13(12)23-10/h2-6,9-10H,7-8H2,1H3,(H,17,19)/t10-/m0/s1. The molecule has 0 saturated carbocycles. The van der Waals surface area contributed by atoms with Crippen molar-refractivity contribution in [3.8, 4) is 17.2 Å². The fourth-order valence-electron chi connectivity index (χ4n) is 2.12. The first-order valence-electron chi connectivity index (χ1n) is 7.01. The molecule has 1 N–H and O–H groups in total. The SMILES string of the molecule is COc1coc(C(=O)NC[C@H]2COc3ccccc3O2)cc1=O. The van der Waals surface area contributed by atoms with Crippen molar-refractivity contribution in [2.75, 3.05) is 20.3 Å². The second-order valence-corrected chi connectivity index (χ2v) is 4.88. The molecule has 3 rings (SSSR count). The van der Waals surface area contributed by atoms with Crippen LogP contribution in [0.3, 0.4) is 0 Å². The van der Waals surface area contributed by atoms with Gasteiger partial charge in [-0.15, -0.1) is 0 Å². The van der Waals surface area contributed by atoms with Gasteiger partial charge in [0.25, 0.3) is 5.91 Å². The third-order valence-electron chi connectivity index (χ3n) is 3.30. The molecule has 0 radical (unpaired) electrons. The minimum Gasteiger partial charge on any atom is -0.490 e. The van der Waals surface area contributed by atoms with E-state index in [0.717, 1.165) is 12.3 Å². The highest BCUT2D eigenvalue weighted by atomic mass is 16.6. The van der Waals surface area contributed by atoms with Crippen molar-refractivity contribution in [3.05, 3.63) is 52.6 Å². The average Bonchev–Trinajstić information content (AvgIpc) is 2.59. The lowest BCUT2D eigenvalue weighted by Gasteiger charge is -2.26. The number of fused-ring (bicyclic) bond motifs is 1. The molecule has 1 atom stereocenters. The number of amides is 1. The molecule has 0 aliphatic carbocycles. The molecular weight excluding hydrogens is 302 g/mol. The predicted molar refractivity (Wildman–Crippen MR) is 80.2 cm³/mol. The van der Waals surface area contributed by atoms with Crippen molar-refractivity contribution in [1.29, 1.82) is 0 Å². The Kier molecular flexibility index (Phi) is 4.18. The van der Waals surface area contributed by atoms with E-state index >= 15 is 0 Å². The fraction of sp³-hybridized carbons (Fsp3) is 0.250. The van der Waals surface area contributed by atoms with Crippen molar-refractivity contribution in [2.24, 2.45) is 0 Å². The molecule has 1 aromatic carbocycles. The molecule has 0 spiro atoms. The van der Waals surface area contributed by atoms with Crippen molar-refractivity contribution < 1.29 is 23.4 Å². The summed E-state index contributed by atoms with van der Waals surface area (Å²) in [4.78, 5) is 23.6. The van der Waals surface area contributed by atoms with Crippen LogP contribution >= 0.6 is 0 Å². The summed E-state index contributed by atoms with van der Waals surface area (Å²) in [6.45, 7) is 0.548. The Balaban J connectivity index is 1.60. The van der Waals surface area contributed by atoms with Gasteiger partial charge in [0.2, 0.25) is 11.2 Å². The molecule has 2 aromatic rings. The van der Waals surface area contributed by atoms with Crippen molar-refractivity contribution >= 4 is 5.91 Å². The lowest BCUT2D eigenvalue weighted by molar-refractivity contribution is 0.0771. The average molecular weight is 317 g/mol. The number of hydrogen-bond acceptors (Lipinski definition) is 6. The van der Waals surface area contributed by atoms with Gasteiger partial charge in [0.1, 0.15) is 19.0 Å². The van der Waals surface area contributed by atoms with Crippen LogP contribution in [0.5, 0.6) is 17.2 Å². The third kappa shape index (κ3) is 3.28. The van der Waals surface area contributed by atoms with Gasteiger partial charge in [0.05, 0.1) is 13.7 Å². The molecule has 2 heterocycles. The first kappa shape index (κ1) is 15.0. The largest absolute Gasteiger partial charge is 0.490 e. The molecule has 0 bridgehead atoms. The zero-order valence-corrected chi connectivity index (χ0v) is 12.4. The summed E-state index contributed by atoms with van der Waals surface area (Å²) < 4.78 is 21.2. The van der Waals surface area contributed by atoms with E-state index in [-0.39, 0.29) is 24.2 Å². The first-order valence-corrected chi connectivity index (χ1v) is 7.01. The lowest BCUT2D eigenvalue weighted by Crippen LogP contribution is -2.40. The maximum atomic E-state index is 12.0. The van der Waals surface area contributed by atoms with Gasteiger partial charge >= 0.3 is 0 Å². The van der Waals surface area contributed by atoms with Gasteiger partial charge in [-0.05, 0) is 12.1 Å². The Morgan fingerprint density at radius 2 is 2.13 bits per heavy atom. The summed E-state index contributed by atoms with van der Waals surface area (Å²) in [5.74, 6) is 0.757. The van der Waals surface area contributed by atoms with E-state index in [0.29, 0.717) is 18.1 Å². The van der Waals surface area contributed by atoms with E-state index in [2.05, 4.69) is 5.32 Å². The normalized spacial score (nSPS) is 15.8. The van der Waals surface area contributed by atoms with Gasteiger partial charge in [-0.25, -0.2) is 0 Å². The van der Waals surface area contributed by atoms with Gasteiger partial charge in [0, 0.05) is 6.07 Å². The minimum absolute atomic E-state index is 0.0437. The molecule has 120 valence electrons. The number of para-hydroxylation sites is 2. The number of hydrogen-bond donors (Lipinski definition) is 1. The number of nitrogens with one attached hydrogen (secondary N) is 1. The summed E-state index contributed by atoms with van der Waals surface area (Å²) in [6, 6.07) is 8.40. The molecule has 7 nitrogen and oxygen atoms in total. The van der Waals surface area contributed by atoms with Gasteiger partial charge < -0.3 is 23.9 Å². The number of rotatable bonds is 4. The number of methoxy groups -OCH3 is 1. The Labute approximate surface area is 131 Å². The first-order chi connectivity index (χ1) is 11.2. The van der Waals surface area contributed by atoms with Crippen LogP contribution in [-0.2, 0) is 0 Å². The maximum absolute atomic E-state index is 12.0. The summed E-state index contributed by atoms with van der Waals surface area (Å²) in [7, 11) is 1.35. The van der Waals surface area contributed by atoms with Crippen LogP contribution < -0.4 is 25.0 Å². The summed E-state index contributed by atoms with van der Waals surface area (Å²) in [5, 5.41) is 2.65. The van der Waals surface area contributed by atoms with Crippen LogP contribution in [0.25, 0.3) is 0 Å². The molecule has 1 aromatic heterocycles. The second-order valence-electron chi connectivity index (χ2n) is 4.88. The topological polar surface area (TPSA) is 87.0 Å². The highest BCUT2D eigenvalue weighted by Gasteiger charge is 2.22. The molecule has 0 saturated heterocycles. The van der Waals surface area contributed by atoms with E-state index in [1.807, 2.05) is 18.2 Å². The maximum Gasteiger partial charge on any atom is 0.287 e. The van der Waals surface area contributed by atoms with E-state index in [9.17, 15) is 9.59 Å². The Hall–Kier alpha value is -2.96. The predicted octanol–water partition coefficient (Wildman–Crippen LogP) is 1.22. The number of carbonyl (C=O) groups is 1. The Bertz CT molecular complexity index is 769. The third-order valence-corrected chi connectivity index (χ3v) is 3.30. The minimum atomic E-state index is -0.507. The second kappa shape index (κ2) is 6.43. The van der Waals surface area contributed by atoms with Gasteiger partial charge in [-0.2, -0.15) is 0 Å². The molecule has 1 aliphatic heterocycles. The number of benzene rings is 1. The Morgan fingerprint density at radius 3 is 2.87 bits per heavy atom. The summed E-state index contributed by atoms with van der Waals surface area (Å²) >= 11 is 0. The van der Waals surface area contributed by atoms with Crippen LogP contribution in [0.2, 0.25) is 0 Å². The summed E-state index contributed by atoms with van der Waals surface area (Å²) in [5.41, 5.74) is -0.421. The van der Waals surface area contributed by atoms with Crippen molar-refractivity contribution in [3.63, 3.8) is 0 Å². The molecule has 7 heteroatoms. The van der Waals surface area contributed by atoms with E-state index in [4.69, 9.17) is 18.6 Å². The van der Waals surface area contributed by atoms with Crippen LogP contribution in [0, 0.1) is 0 Å². The number of ether oxygens (including phenoxy) is 3.